The van der Waals surface area contributed by atoms with E-state index < -0.39 is 0 Å². The summed E-state index contributed by atoms with van der Waals surface area (Å²) in [6.07, 6.45) is 3.99. The maximum Gasteiger partial charge on any atom is 0.250 e. The molecule has 0 aliphatic carbocycles. The molecular weight excluding hydrogens is 228 g/mol. The molecule has 0 fully saturated rings. The highest BCUT2D eigenvalue weighted by molar-refractivity contribution is 5.53. The average molecular weight is 246 g/mol. The largest absolute Gasteiger partial charge is 0.318 e. The Labute approximate surface area is 106 Å². The van der Waals surface area contributed by atoms with E-state index in [9.17, 15) is 4.79 Å². The predicted molar refractivity (Wildman–Crippen MR) is 70.3 cm³/mol. The lowest BCUT2D eigenvalue weighted by molar-refractivity contribution is 0.573. The second-order valence-electron chi connectivity index (χ2n) is 4.43. The quantitative estimate of drug-likeness (QED) is 0.826. The van der Waals surface area contributed by atoms with Gasteiger partial charge in [-0.1, -0.05) is 13.3 Å². The van der Waals surface area contributed by atoms with Crippen molar-refractivity contribution in [3.8, 4) is 11.4 Å². The number of nitrogens with zero attached hydrogens (tertiary/aromatic N) is 4. The molecule has 0 unspecified atom stereocenters. The zero-order valence-corrected chi connectivity index (χ0v) is 11.1. The van der Waals surface area contributed by atoms with E-state index in [4.69, 9.17) is 0 Å². The highest BCUT2D eigenvalue weighted by atomic mass is 16.1. The lowest BCUT2D eigenvalue weighted by Gasteiger charge is -2.06. The number of aryl methyl sites for hydroxylation is 3. The molecular formula is C13H18N4O. The third-order valence-electron chi connectivity index (χ3n) is 2.85. The Morgan fingerprint density at radius 1 is 1.33 bits per heavy atom. The zero-order valence-electron chi connectivity index (χ0n) is 11.1. The van der Waals surface area contributed by atoms with E-state index in [1.807, 2.05) is 11.6 Å². The minimum Gasteiger partial charge on any atom is -0.318 e. The summed E-state index contributed by atoms with van der Waals surface area (Å²) in [7, 11) is 1.74. The van der Waals surface area contributed by atoms with E-state index in [0.29, 0.717) is 0 Å². The molecule has 0 bridgehead atoms. The van der Waals surface area contributed by atoms with Crippen molar-refractivity contribution in [2.45, 2.75) is 33.2 Å². The van der Waals surface area contributed by atoms with E-state index in [2.05, 4.69) is 17.0 Å². The summed E-state index contributed by atoms with van der Waals surface area (Å²) in [4.78, 5) is 15.8. The summed E-state index contributed by atoms with van der Waals surface area (Å²) in [5.41, 5.74) is 0.906. The van der Waals surface area contributed by atoms with Gasteiger partial charge in [0.1, 0.15) is 5.82 Å². The number of rotatable bonds is 4. The highest BCUT2D eigenvalue weighted by Gasteiger charge is 2.10. The van der Waals surface area contributed by atoms with Crippen molar-refractivity contribution in [3.63, 3.8) is 0 Å². The van der Waals surface area contributed by atoms with Gasteiger partial charge in [-0.25, -0.2) is 9.67 Å². The van der Waals surface area contributed by atoms with Crippen LogP contribution < -0.4 is 5.56 Å². The first-order valence-corrected chi connectivity index (χ1v) is 6.20. The number of unbranched alkanes of at least 4 members (excludes halogenated alkanes) is 1. The second kappa shape index (κ2) is 5.16. The minimum atomic E-state index is -0.0184. The molecule has 0 spiro atoms. The maximum atomic E-state index is 11.4. The normalized spacial score (nSPS) is 10.8. The predicted octanol–water partition coefficient (Wildman–Crippen LogP) is 1.75. The smallest absolute Gasteiger partial charge is 0.250 e. The molecule has 2 heterocycles. The Hall–Kier alpha value is -1.91. The van der Waals surface area contributed by atoms with Crippen molar-refractivity contribution in [1.82, 2.24) is 19.3 Å². The third-order valence-corrected chi connectivity index (χ3v) is 2.85. The molecule has 96 valence electrons. The number of hydrogen-bond donors (Lipinski definition) is 0. The van der Waals surface area contributed by atoms with Crippen LogP contribution in [0.3, 0.4) is 0 Å². The molecule has 5 nitrogen and oxygen atoms in total. The summed E-state index contributed by atoms with van der Waals surface area (Å²) in [6, 6.07) is 3.36. The van der Waals surface area contributed by atoms with E-state index in [1.54, 1.807) is 29.9 Å². The lowest BCUT2D eigenvalue weighted by atomic mass is 10.2. The van der Waals surface area contributed by atoms with Gasteiger partial charge in [0.15, 0.2) is 5.82 Å². The summed E-state index contributed by atoms with van der Waals surface area (Å²) < 4.78 is 3.47. The second-order valence-corrected chi connectivity index (χ2v) is 4.43. The molecule has 0 radical (unpaired) electrons. The summed E-state index contributed by atoms with van der Waals surface area (Å²) in [5.74, 6) is 1.59. The van der Waals surface area contributed by atoms with Crippen LogP contribution in [0.15, 0.2) is 23.1 Å². The Kier molecular flexibility index (Phi) is 3.60. The van der Waals surface area contributed by atoms with Crippen molar-refractivity contribution in [2.24, 2.45) is 7.05 Å². The molecule has 5 heteroatoms. The molecule has 0 saturated heterocycles. The van der Waals surface area contributed by atoms with Crippen molar-refractivity contribution >= 4 is 0 Å². The van der Waals surface area contributed by atoms with Gasteiger partial charge in [0, 0.05) is 31.4 Å². The van der Waals surface area contributed by atoms with Crippen LogP contribution in [0.4, 0.5) is 0 Å². The monoisotopic (exact) mass is 246 g/mol. The highest BCUT2D eigenvalue weighted by Crippen LogP contribution is 2.16. The number of hydrogen-bond acceptors (Lipinski definition) is 3. The standard InChI is InChI=1S/C13H18N4O/c1-4-5-8-17-13(14-10(2)15-17)11-6-7-12(18)16(3)9-11/h6-7,9H,4-5,8H2,1-3H3. The van der Waals surface area contributed by atoms with Crippen LogP contribution in [0.1, 0.15) is 25.6 Å². The van der Waals surface area contributed by atoms with Crippen LogP contribution in [0.2, 0.25) is 0 Å². The maximum absolute atomic E-state index is 11.4. The molecule has 0 N–H and O–H groups in total. The lowest BCUT2D eigenvalue weighted by Crippen LogP contribution is -2.14. The Morgan fingerprint density at radius 2 is 2.11 bits per heavy atom. The molecule has 0 aliphatic rings. The van der Waals surface area contributed by atoms with Crippen molar-refractivity contribution < 1.29 is 0 Å². The van der Waals surface area contributed by atoms with E-state index in [0.717, 1.165) is 36.6 Å². The molecule has 0 saturated carbocycles. The van der Waals surface area contributed by atoms with Crippen molar-refractivity contribution in [1.29, 1.82) is 0 Å². The van der Waals surface area contributed by atoms with Crippen LogP contribution in [-0.4, -0.2) is 19.3 Å². The van der Waals surface area contributed by atoms with Gasteiger partial charge in [-0.3, -0.25) is 4.79 Å². The molecule has 0 aliphatic heterocycles. The fraction of sp³-hybridized carbons (Fsp3) is 0.462. The van der Waals surface area contributed by atoms with Gasteiger partial charge < -0.3 is 4.57 Å². The van der Waals surface area contributed by atoms with Crippen LogP contribution >= 0.6 is 0 Å². The van der Waals surface area contributed by atoms with Crippen molar-refractivity contribution in [2.75, 3.05) is 0 Å². The van der Waals surface area contributed by atoms with Crippen LogP contribution in [-0.2, 0) is 13.6 Å². The topological polar surface area (TPSA) is 52.7 Å². The fourth-order valence-corrected chi connectivity index (χ4v) is 1.86. The Balaban J connectivity index is 2.42. The van der Waals surface area contributed by atoms with Gasteiger partial charge in [-0.2, -0.15) is 5.10 Å². The zero-order chi connectivity index (χ0) is 13.1. The van der Waals surface area contributed by atoms with Gasteiger partial charge in [0.25, 0.3) is 0 Å². The summed E-state index contributed by atoms with van der Waals surface area (Å²) in [6.45, 7) is 4.89. The Bertz CT molecular complexity index is 597. The van der Waals surface area contributed by atoms with Gasteiger partial charge in [-0.15, -0.1) is 0 Å². The van der Waals surface area contributed by atoms with Crippen LogP contribution in [0.5, 0.6) is 0 Å². The van der Waals surface area contributed by atoms with Gasteiger partial charge in [-0.05, 0) is 19.4 Å². The Morgan fingerprint density at radius 3 is 2.78 bits per heavy atom. The molecule has 2 rings (SSSR count). The molecule has 2 aromatic heterocycles. The van der Waals surface area contributed by atoms with Crippen LogP contribution in [0, 0.1) is 6.92 Å². The first kappa shape index (κ1) is 12.5. The van der Waals surface area contributed by atoms with E-state index >= 15 is 0 Å². The number of pyridine rings is 1. The van der Waals surface area contributed by atoms with Crippen molar-refractivity contribution in [3.05, 3.63) is 34.5 Å². The average Bonchev–Trinajstić information content (AvgIpc) is 2.71. The molecule has 18 heavy (non-hydrogen) atoms. The summed E-state index contributed by atoms with van der Waals surface area (Å²) >= 11 is 0. The van der Waals surface area contributed by atoms with E-state index in [1.165, 1.54) is 0 Å². The molecule has 2 aromatic rings. The van der Waals surface area contributed by atoms with Gasteiger partial charge in [0.2, 0.25) is 5.56 Å². The first-order valence-electron chi connectivity index (χ1n) is 6.20. The third kappa shape index (κ3) is 2.50. The molecule has 0 atom stereocenters. The molecule has 0 aromatic carbocycles. The van der Waals surface area contributed by atoms with Gasteiger partial charge >= 0.3 is 0 Å². The fourth-order valence-electron chi connectivity index (χ4n) is 1.86. The van der Waals surface area contributed by atoms with E-state index in [-0.39, 0.29) is 5.56 Å². The minimum absolute atomic E-state index is 0.0184. The van der Waals surface area contributed by atoms with Crippen LogP contribution in [0.25, 0.3) is 11.4 Å². The number of aromatic nitrogens is 4. The SMILES string of the molecule is CCCCn1nc(C)nc1-c1ccc(=O)n(C)c1. The molecule has 0 amide bonds. The van der Waals surface area contributed by atoms with Gasteiger partial charge in [0.05, 0.1) is 0 Å². The first-order chi connectivity index (χ1) is 8.61. The summed E-state index contributed by atoms with van der Waals surface area (Å²) in [5, 5.41) is 4.39.